The van der Waals surface area contributed by atoms with E-state index < -0.39 is 0 Å². The number of hydrogen-bond donors (Lipinski definition) is 1. The molecule has 0 spiro atoms. The molecule has 90 valence electrons. The van der Waals surface area contributed by atoms with Crippen molar-refractivity contribution in [2.45, 2.75) is 33.2 Å². The van der Waals surface area contributed by atoms with Crippen LogP contribution in [-0.2, 0) is 4.74 Å². The largest absolute Gasteiger partial charge is 0.380 e. The first-order chi connectivity index (χ1) is 7.27. The normalized spacial score (nSPS) is 27.2. The third kappa shape index (κ3) is 4.49. The van der Waals surface area contributed by atoms with Crippen LogP contribution < -0.4 is 5.32 Å². The minimum atomic E-state index is 0.708. The molecule has 1 rings (SSSR count). The van der Waals surface area contributed by atoms with E-state index in [-0.39, 0.29) is 0 Å². The van der Waals surface area contributed by atoms with Crippen LogP contribution in [0, 0.1) is 5.92 Å². The van der Waals surface area contributed by atoms with Crippen molar-refractivity contribution < 1.29 is 4.74 Å². The van der Waals surface area contributed by atoms with Gasteiger partial charge in [0.2, 0.25) is 0 Å². The maximum absolute atomic E-state index is 5.42. The van der Waals surface area contributed by atoms with Gasteiger partial charge < -0.3 is 10.1 Å². The van der Waals surface area contributed by atoms with Crippen molar-refractivity contribution in [2.75, 3.05) is 39.4 Å². The summed E-state index contributed by atoms with van der Waals surface area (Å²) in [5, 5.41) is 3.51. The highest BCUT2D eigenvalue weighted by Gasteiger charge is 2.22. The number of piperidine rings is 1. The van der Waals surface area contributed by atoms with E-state index >= 15 is 0 Å². The second-order valence-corrected chi connectivity index (χ2v) is 4.48. The van der Waals surface area contributed by atoms with Crippen LogP contribution in [-0.4, -0.2) is 50.3 Å². The van der Waals surface area contributed by atoms with Crippen molar-refractivity contribution in [1.29, 1.82) is 0 Å². The van der Waals surface area contributed by atoms with Crippen molar-refractivity contribution in [3.8, 4) is 0 Å². The number of nitrogens with zero attached hydrogens (tertiary/aromatic N) is 1. The topological polar surface area (TPSA) is 24.5 Å². The second-order valence-electron chi connectivity index (χ2n) is 4.48. The van der Waals surface area contributed by atoms with Crippen LogP contribution in [0.4, 0.5) is 0 Å². The quantitative estimate of drug-likeness (QED) is 0.675. The fourth-order valence-electron chi connectivity index (χ4n) is 2.33. The van der Waals surface area contributed by atoms with Gasteiger partial charge in [0.05, 0.1) is 6.61 Å². The first-order valence-electron chi connectivity index (χ1n) is 6.30. The number of ether oxygens (including phenoxy) is 1. The fourth-order valence-corrected chi connectivity index (χ4v) is 2.33. The molecule has 2 atom stereocenters. The fraction of sp³-hybridized carbons (Fsp3) is 1.00. The molecule has 0 aliphatic carbocycles. The molecule has 1 heterocycles. The van der Waals surface area contributed by atoms with Crippen LogP contribution in [0.15, 0.2) is 0 Å². The van der Waals surface area contributed by atoms with Gasteiger partial charge in [-0.2, -0.15) is 0 Å². The number of rotatable bonds is 6. The van der Waals surface area contributed by atoms with E-state index in [1.165, 1.54) is 13.0 Å². The molecule has 0 amide bonds. The summed E-state index contributed by atoms with van der Waals surface area (Å²) in [6.45, 7) is 12.9. The van der Waals surface area contributed by atoms with Crippen molar-refractivity contribution in [3.63, 3.8) is 0 Å². The molecule has 0 aromatic carbocycles. The van der Waals surface area contributed by atoms with Gasteiger partial charge in [0.25, 0.3) is 0 Å². The lowest BCUT2D eigenvalue weighted by molar-refractivity contribution is 0.0828. The summed E-state index contributed by atoms with van der Waals surface area (Å²) in [5.41, 5.74) is 0. The third-order valence-corrected chi connectivity index (χ3v) is 3.20. The predicted octanol–water partition coefficient (Wildman–Crippen LogP) is 1.34. The van der Waals surface area contributed by atoms with Crippen LogP contribution in [0.5, 0.6) is 0 Å². The van der Waals surface area contributed by atoms with Gasteiger partial charge in [-0.3, -0.25) is 4.90 Å². The molecule has 0 radical (unpaired) electrons. The highest BCUT2D eigenvalue weighted by atomic mass is 16.5. The minimum Gasteiger partial charge on any atom is -0.380 e. The molecule has 0 aromatic heterocycles. The molecule has 1 N–H and O–H groups in total. The zero-order chi connectivity index (χ0) is 11.1. The van der Waals surface area contributed by atoms with Gasteiger partial charge in [-0.1, -0.05) is 13.8 Å². The Morgan fingerprint density at radius 3 is 2.73 bits per heavy atom. The SMILES string of the molecule is CCOCCN(CC)C1CNCC(C)C1. The van der Waals surface area contributed by atoms with Crippen molar-refractivity contribution >= 4 is 0 Å². The van der Waals surface area contributed by atoms with Crippen LogP contribution in [0.1, 0.15) is 27.2 Å². The smallest absolute Gasteiger partial charge is 0.0593 e. The maximum atomic E-state index is 5.42. The zero-order valence-corrected chi connectivity index (χ0v) is 10.5. The van der Waals surface area contributed by atoms with Crippen LogP contribution >= 0.6 is 0 Å². The van der Waals surface area contributed by atoms with E-state index in [0.717, 1.165) is 38.8 Å². The Hall–Kier alpha value is -0.120. The van der Waals surface area contributed by atoms with E-state index in [4.69, 9.17) is 4.74 Å². The summed E-state index contributed by atoms with van der Waals surface area (Å²) in [6.07, 6.45) is 1.33. The molecule has 0 aromatic rings. The Balaban J connectivity index is 2.29. The molecule has 1 fully saturated rings. The van der Waals surface area contributed by atoms with Gasteiger partial charge in [0, 0.05) is 25.7 Å². The number of nitrogens with one attached hydrogen (secondary N) is 1. The van der Waals surface area contributed by atoms with E-state index in [1.807, 2.05) is 0 Å². The van der Waals surface area contributed by atoms with Gasteiger partial charge in [0.1, 0.15) is 0 Å². The standard InChI is InChI=1S/C12H26N2O/c1-4-14(6-7-15-5-2)12-8-11(3)9-13-10-12/h11-13H,4-10H2,1-3H3. The van der Waals surface area contributed by atoms with Gasteiger partial charge >= 0.3 is 0 Å². The Kier molecular flexibility index (Phi) is 6.22. The van der Waals surface area contributed by atoms with E-state index in [1.54, 1.807) is 0 Å². The highest BCUT2D eigenvalue weighted by Crippen LogP contribution is 2.14. The predicted molar refractivity (Wildman–Crippen MR) is 64.2 cm³/mol. The van der Waals surface area contributed by atoms with Gasteiger partial charge in [-0.05, 0) is 32.4 Å². The molecule has 2 unspecified atom stereocenters. The minimum absolute atomic E-state index is 0.708. The summed E-state index contributed by atoms with van der Waals surface area (Å²) in [5.74, 6) is 0.810. The van der Waals surface area contributed by atoms with E-state index in [0.29, 0.717) is 6.04 Å². The monoisotopic (exact) mass is 214 g/mol. The van der Waals surface area contributed by atoms with Gasteiger partial charge in [0.15, 0.2) is 0 Å². The Morgan fingerprint density at radius 2 is 2.13 bits per heavy atom. The van der Waals surface area contributed by atoms with Gasteiger partial charge in [-0.25, -0.2) is 0 Å². The molecular weight excluding hydrogens is 188 g/mol. The summed E-state index contributed by atoms with van der Waals surface area (Å²) in [4.78, 5) is 2.54. The molecule has 3 nitrogen and oxygen atoms in total. The van der Waals surface area contributed by atoms with Crippen LogP contribution in [0.3, 0.4) is 0 Å². The second kappa shape index (κ2) is 7.20. The lowest BCUT2D eigenvalue weighted by Gasteiger charge is -2.36. The lowest BCUT2D eigenvalue weighted by atomic mass is 9.96. The van der Waals surface area contributed by atoms with Crippen LogP contribution in [0.2, 0.25) is 0 Å². The molecule has 0 saturated carbocycles. The summed E-state index contributed by atoms with van der Waals surface area (Å²) in [6, 6.07) is 0.708. The van der Waals surface area contributed by atoms with Crippen LogP contribution in [0.25, 0.3) is 0 Å². The lowest BCUT2D eigenvalue weighted by Crippen LogP contribution is -2.49. The summed E-state index contributed by atoms with van der Waals surface area (Å²) in [7, 11) is 0. The molecule has 0 bridgehead atoms. The zero-order valence-electron chi connectivity index (χ0n) is 10.5. The van der Waals surface area contributed by atoms with Gasteiger partial charge in [-0.15, -0.1) is 0 Å². The summed E-state index contributed by atoms with van der Waals surface area (Å²) >= 11 is 0. The number of hydrogen-bond acceptors (Lipinski definition) is 3. The average molecular weight is 214 g/mol. The van der Waals surface area contributed by atoms with Crippen molar-refractivity contribution in [3.05, 3.63) is 0 Å². The molecule has 15 heavy (non-hydrogen) atoms. The molecule has 1 aliphatic heterocycles. The Morgan fingerprint density at radius 1 is 1.33 bits per heavy atom. The summed E-state index contributed by atoms with van der Waals surface area (Å²) < 4.78 is 5.42. The Bertz CT molecular complexity index is 164. The molecule has 1 aliphatic rings. The molecule has 3 heteroatoms. The third-order valence-electron chi connectivity index (χ3n) is 3.20. The number of likely N-dealkylation sites (N-methyl/N-ethyl adjacent to an activating group) is 1. The first kappa shape index (κ1) is 12.9. The maximum Gasteiger partial charge on any atom is 0.0593 e. The molecular formula is C12H26N2O. The van der Waals surface area contributed by atoms with Crippen molar-refractivity contribution in [1.82, 2.24) is 10.2 Å². The molecule has 1 saturated heterocycles. The Labute approximate surface area is 94.2 Å². The van der Waals surface area contributed by atoms with E-state index in [9.17, 15) is 0 Å². The average Bonchev–Trinajstić information content (AvgIpc) is 2.24. The highest BCUT2D eigenvalue weighted by molar-refractivity contribution is 4.81. The van der Waals surface area contributed by atoms with Crippen molar-refractivity contribution in [2.24, 2.45) is 5.92 Å². The van der Waals surface area contributed by atoms with E-state index in [2.05, 4.69) is 31.0 Å². The first-order valence-corrected chi connectivity index (χ1v) is 6.30.